The molecule has 20 heavy (non-hydrogen) atoms. The Morgan fingerprint density at radius 3 is 2.60 bits per heavy atom. The molecule has 0 saturated carbocycles. The van der Waals surface area contributed by atoms with Crippen molar-refractivity contribution in [1.82, 2.24) is 10.2 Å². The molecule has 0 aromatic carbocycles. The number of amidine groups is 1. The molecule has 2 unspecified atom stereocenters. The van der Waals surface area contributed by atoms with E-state index in [9.17, 15) is 0 Å². The zero-order valence-electron chi connectivity index (χ0n) is 12.6. The van der Waals surface area contributed by atoms with Crippen LogP contribution in [0.5, 0.6) is 0 Å². The molecule has 0 spiro atoms. The van der Waals surface area contributed by atoms with Crippen LogP contribution in [0.1, 0.15) is 37.1 Å². The van der Waals surface area contributed by atoms with Gasteiger partial charge >= 0.3 is 0 Å². The first-order chi connectivity index (χ1) is 9.45. The third-order valence-electron chi connectivity index (χ3n) is 4.43. The van der Waals surface area contributed by atoms with Gasteiger partial charge < -0.3 is 15.8 Å². The molecule has 110 valence electrons. The quantitative estimate of drug-likeness (QED) is 0.371. The number of hydrogen-bond acceptors (Lipinski definition) is 5. The van der Waals surface area contributed by atoms with Gasteiger partial charge in [-0.25, -0.2) is 0 Å². The van der Waals surface area contributed by atoms with Crippen molar-refractivity contribution < 1.29 is 5.21 Å². The summed E-state index contributed by atoms with van der Waals surface area (Å²) < 4.78 is 0. The lowest BCUT2D eigenvalue weighted by atomic mass is 9.88. The predicted octanol–water partition coefficient (Wildman–Crippen LogP) is 1.67. The van der Waals surface area contributed by atoms with Gasteiger partial charge in [0.25, 0.3) is 0 Å². The van der Waals surface area contributed by atoms with E-state index in [-0.39, 0.29) is 5.84 Å². The van der Waals surface area contributed by atoms with Gasteiger partial charge in [-0.05, 0) is 37.7 Å². The van der Waals surface area contributed by atoms with Crippen molar-refractivity contribution in [2.75, 3.05) is 18.0 Å². The Balaban J connectivity index is 2.44. The summed E-state index contributed by atoms with van der Waals surface area (Å²) in [5, 5.41) is 20.7. The van der Waals surface area contributed by atoms with E-state index >= 15 is 0 Å². The number of oxime groups is 1. The van der Waals surface area contributed by atoms with Crippen LogP contribution in [0, 0.1) is 25.7 Å². The van der Waals surface area contributed by atoms with Gasteiger partial charge in [-0.2, -0.15) is 5.10 Å². The van der Waals surface area contributed by atoms with Crippen molar-refractivity contribution in [3.8, 4) is 0 Å². The maximum absolute atomic E-state index is 9.02. The Morgan fingerprint density at radius 1 is 1.30 bits per heavy atom. The lowest BCUT2D eigenvalue weighted by molar-refractivity contribution is 0.317. The summed E-state index contributed by atoms with van der Waals surface area (Å²) in [5.41, 5.74) is 8.25. The summed E-state index contributed by atoms with van der Waals surface area (Å²) in [4.78, 5) is 2.19. The molecule has 0 aliphatic carbocycles. The SMILES string of the molecule is Cc1nnc(N2CCC(C)C(C)C2)c(C(N)=NO)c1C. The van der Waals surface area contributed by atoms with Crippen LogP contribution in [0.2, 0.25) is 0 Å². The highest BCUT2D eigenvalue weighted by molar-refractivity contribution is 6.02. The number of nitrogens with zero attached hydrogens (tertiary/aromatic N) is 4. The zero-order valence-corrected chi connectivity index (χ0v) is 12.6. The van der Waals surface area contributed by atoms with Crippen LogP contribution >= 0.6 is 0 Å². The molecule has 3 N–H and O–H groups in total. The standard InChI is InChI=1S/C14H23N5O/c1-8-5-6-19(7-9(8)2)14-12(13(15)18-20)10(3)11(4)16-17-14/h8-9,20H,5-7H2,1-4H3,(H2,15,18). The van der Waals surface area contributed by atoms with Crippen LogP contribution < -0.4 is 10.6 Å². The highest BCUT2D eigenvalue weighted by Gasteiger charge is 2.27. The zero-order chi connectivity index (χ0) is 14.9. The summed E-state index contributed by atoms with van der Waals surface area (Å²) in [6.07, 6.45) is 1.12. The summed E-state index contributed by atoms with van der Waals surface area (Å²) in [6.45, 7) is 10.2. The number of piperidine rings is 1. The first-order valence-corrected chi connectivity index (χ1v) is 7.02. The van der Waals surface area contributed by atoms with Crippen LogP contribution in [0.3, 0.4) is 0 Å². The molecule has 1 aliphatic heterocycles. The van der Waals surface area contributed by atoms with E-state index < -0.39 is 0 Å². The number of rotatable bonds is 2. The van der Waals surface area contributed by atoms with Crippen molar-refractivity contribution in [2.45, 2.75) is 34.1 Å². The van der Waals surface area contributed by atoms with E-state index in [4.69, 9.17) is 10.9 Å². The highest BCUT2D eigenvalue weighted by Crippen LogP contribution is 2.29. The Hall–Kier alpha value is -1.85. The molecule has 1 fully saturated rings. The number of aryl methyl sites for hydroxylation is 1. The molecule has 0 amide bonds. The summed E-state index contributed by atoms with van der Waals surface area (Å²) >= 11 is 0. The molecule has 1 aromatic rings. The normalized spacial score (nSPS) is 24.0. The number of anilines is 1. The third-order valence-corrected chi connectivity index (χ3v) is 4.43. The van der Waals surface area contributed by atoms with Gasteiger partial charge in [0.1, 0.15) is 0 Å². The largest absolute Gasteiger partial charge is 0.409 e. The van der Waals surface area contributed by atoms with Gasteiger partial charge in [0.2, 0.25) is 0 Å². The molecule has 6 heteroatoms. The smallest absolute Gasteiger partial charge is 0.174 e. The Labute approximate surface area is 119 Å². The molecule has 2 atom stereocenters. The van der Waals surface area contributed by atoms with Crippen LogP contribution in [0.15, 0.2) is 5.16 Å². The number of nitrogens with two attached hydrogens (primary N) is 1. The van der Waals surface area contributed by atoms with Gasteiger partial charge in [-0.1, -0.05) is 19.0 Å². The average molecular weight is 277 g/mol. The second kappa shape index (κ2) is 5.64. The fourth-order valence-electron chi connectivity index (χ4n) is 2.63. The minimum absolute atomic E-state index is 0.0989. The number of hydrogen-bond donors (Lipinski definition) is 2. The van der Waals surface area contributed by atoms with Gasteiger partial charge in [0.05, 0.1) is 11.3 Å². The molecule has 0 radical (unpaired) electrons. The molecule has 2 rings (SSSR count). The van der Waals surface area contributed by atoms with Crippen LogP contribution in [0.4, 0.5) is 5.82 Å². The molecule has 0 bridgehead atoms. The summed E-state index contributed by atoms with van der Waals surface area (Å²) in [5.74, 6) is 2.12. The second-order valence-corrected chi connectivity index (χ2v) is 5.78. The van der Waals surface area contributed by atoms with Crippen molar-refractivity contribution >= 4 is 11.7 Å². The molecule has 1 aliphatic rings. The van der Waals surface area contributed by atoms with Gasteiger partial charge in [0.15, 0.2) is 11.7 Å². The minimum Gasteiger partial charge on any atom is -0.409 e. The van der Waals surface area contributed by atoms with Gasteiger partial charge in [0, 0.05) is 13.1 Å². The van der Waals surface area contributed by atoms with Crippen LogP contribution in [-0.2, 0) is 0 Å². The van der Waals surface area contributed by atoms with Gasteiger partial charge in [-0.3, -0.25) is 0 Å². The molecule has 2 heterocycles. The average Bonchev–Trinajstić information content (AvgIpc) is 2.44. The lowest BCUT2D eigenvalue weighted by Gasteiger charge is -2.36. The number of aromatic nitrogens is 2. The molecular formula is C14H23N5O. The maximum Gasteiger partial charge on any atom is 0.174 e. The predicted molar refractivity (Wildman–Crippen MR) is 79.2 cm³/mol. The summed E-state index contributed by atoms with van der Waals surface area (Å²) in [6, 6.07) is 0. The lowest BCUT2D eigenvalue weighted by Crippen LogP contribution is -2.40. The Bertz CT molecular complexity index is 529. The van der Waals surface area contributed by atoms with Crippen molar-refractivity contribution in [3.63, 3.8) is 0 Å². The van der Waals surface area contributed by atoms with E-state index in [1.807, 2.05) is 13.8 Å². The molecule has 6 nitrogen and oxygen atoms in total. The Morgan fingerprint density at radius 2 is 2.00 bits per heavy atom. The monoisotopic (exact) mass is 277 g/mol. The molecule has 1 aromatic heterocycles. The van der Waals surface area contributed by atoms with Crippen molar-refractivity contribution in [1.29, 1.82) is 0 Å². The third kappa shape index (κ3) is 2.55. The summed E-state index contributed by atoms with van der Waals surface area (Å²) in [7, 11) is 0. The van der Waals surface area contributed by atoms with Gasteiger partial charge in [-0.15, -0.1) is 5.10 Å². The molecular weight excluding hydrogens is 254 g/mol. The topological polar surface area (TPSA) is 87.6 Å². The Kier molecular flexibility index (Phi) is 4.11. The van der Waals surface area contributed by atoms with E-state index in [2.05, 4.69) is 34.1 Å². The first-order valence-electron chi connectivity index (χ1n) is 7.02. The first kappa shape index (κ1) is 14.6. The fourth-order valence-corrected chi connectivity index (χ4v) is 2.63. The fraction of sp³-hybridized carbons (Fsp3) is 0.643. The van der Waals surface area contributed by atoms with Crippen molar-refractivity contribution in [3.05, 3.63) is 16.8 Å². The van der Waals surface area contributed by atoms with E-state index in [0.717, 1.165) is 36.6 Å². The van der Waals surface area contributed by atoms with E-state index in [1.165, 1.54) is 0 Å². The maximum atomic E-state index is 9.02. The van der Waals surface area contributed by atoms with E-state index in [0.29, 0.717) is 17.4 Å². The van der Waals surface area contributed by atoms with Crippen LogP contribution in [-0.4, -0.2) is 34.3 Å². The van der Waals surface area contributed by atoms with E-state index in [1.54, 1.807) is 0 Å². The molecule has 1 saturated heterocycles. The van der Waals surface area contributed by atoms with Crippen LogP contribution in [0.25, 0.3) is 0 Å². The minimum atomic E-state index is 0.0989. The van der Waals surface area contributed by atoms with Crippen molar-refractivity contribution in [2.24, 2.45) is 22.7 Å². The highest BCUT2D eigenvalue weighted by atomic mass is 16.4. The second-order valence-electron chi connectivity index (χ2n) is 5.78.